The van der Waals surface area contributed by atoms with E-state index in [1.54, 1.807) is 37.4 Å². The number of hydrogen-bond donors (Lipinski definition) is 0. The first kappa shape index (κ1) is 34.4. The fraction of sp³-hybridized carbons (Fsp3) is 0.455. The second-order valence-electron chi connectivity index (χ2n) is 10.1. The molecule has 0 fully saturated rings. The van der Waals surface area contributed by atoms with Crippen LogP contribution in [0.25, 0.3) is 0 Å². The van der Waals surface area contributed by atoms with Gasteiger partial charge < -0.3 is 18.9 Å². The molecule has 0 saturated carbocycles. The molecule has 0 N–H and O–H groups in total. The van der Waals surface area contributed by atoms with Crippen molar-refractivity contribution < 1.29 is 28.5 Å². The summed E-state index contributed by atoms with van der Waals surface area (Å²) in [5, 5.41) is 0. The Kier molecular flexibility index (Phi) is 14.4. The lowest BCUT2D eigenvalue weighted by atomic mass is 9.78. The lowest BCUT2D eigenvalue weighted by molar-refractivity contribution is -0.141. The van der Waals surface area contributed by atoms with E-state index in [1.165, 1.54) is 0 Å². The highest BCUT2D eigenvalue weighted by Gasteiger charge is 2.23. The summed E-state index contributed by atoms with van der Waals surface area (Å²) in [6, 6.07) is 16.2. The Labute approximate surface area is 254 Å². The maximum atomic E-state index is 11.9. The van der Waals surface area contributed by atoms with Crippen LogP contribution in [0.2, 0.25) is 0 Å². The van der Waals surface area contributed by atoms with Gasteiger partial charge in [-0.15, -0.1) is 23.5 Å². The number of carbonyl (C=O) groups excluding carboxylic acids is 2. The Morgan fingerprint density at radius 2 is 1.05 bits per heavy atom. The fourth-order valence-corrected chi connectivity index (χ4v) is 5.39. The van der Waals surface area contributed by atoms with Gasteiger partial charge >= 0.3 is 11.9 Å². The largest absolute Gasteiger partial charge is 0.493 e. The van der Waals surface area contributed by atoms with E-state index in [1.807, 2.05) is 38.1 Å². The van der Waals surface area contributed by atoms with Gasteiger partial charge in [-0.25, -0.2) is 9.59 Å². The van der Waals surface area contributed by atoms with E-state index in [4.69, 9.17) is 18.9 Å². The molecule has 0 aliphatic rings. The van der Waals surface area contributed by atoms with E-state index < -0.39 is 0 Å². The first-order valence-corrected chi connectivity index (χ1v) is 16.0. The maximum absolute atomic E-state index is 11.9. The van der Waals surface area contributed by atoms with E-state index in [0.717, 1.165) is 34.1 Å². The third-order valence-electron chi connectivity index (χ3n) is 6.28. The standard InChI is InChI=1S/C33H44O6S2/c1-9-40-29(38-31(34)23(3)4)19-21-36-27-15-11-25(12-16-27)33(7,8)26-13-17-28(18-14-26)37-22-20-30(41-10-2)39-32(35)24(5)6/h11-18,29-30H,3,5,9-10,19-22H2,1-2,4,6-8H3. The van der Waals surface area contributed by atoms with Crippen molar-refractivity contribution >= 4 is 35.5 Å². The van der Waals surface area contributed by atoms with Crippen molar-refractivity contribution in [3.63, 3.8) is 0 Å². The van der Waals surface area contributed by atoms with Gasteiger partial charge in [0.2, 0.25) is 0 Å². The lowest BCUT2D eigenvalue weighted by Crippen LogP contribution is -2.19. The third-order valence-corrected chi connectivity index (χ3v) is 8.35. The quantitative estimate of drug-likeness (QED) is 0.0970. The summed E-state index contributed by atoms with van der Waals surface area (Å²) in [6.07, 6.45) is 1.19. The SMILES string of the molecule is C=C(C)C(=O)OC(CCOc1ccc(C(C)(C)c2ccc(OCCC(OC(=O)C(=C)C)SCC)cc2)cc1)SCC. The molecule has 2 aromatic carbocycles. The Balaban J connectivity index is 1.91. The molecule has 0 saturated heterocycles. The van der Waals surface area contributed by atoms with Gasteiger partial charge in [-0.2, -0.15) is 0 Å². The fourth-order valence-electron chi connectivity index (χ4n) is 3.81. The van der Waals surface area contributed by atoms with E-state index in [0.29, 0.717) is 37.2 Å². The molecule has 0 amide bonds. The predicted octanol–water partition coefficient (Wildman–Crippen LogP) is 7.95. The number of ether oxygens (including phenoxy) is 4. The number of carbonyl (C=O) groups is 2. The number of benzene rings is 2. The summed E-state index contributed by atoms with van der Waals surface area (Å²) >= 11 is 3.15. The minimum absolute atomic E-state index is 0.226. The molecule has 0 bridgehead atoms. The molecule has 0 radical (unpaired) electrons. The molecule has 2 rings (SSSR count). The molecule has 0 spiro atoms. The van der Waals surface area contributed by atoms with Crippen LogP contribution < -0.4 is 9.47 Å². The molecule has 41 heavy (non-hydrogen) atoms. The minimum atomic E-state index is -0.372. The molecule has 2 atom stereocenters. The summed E-state index contributed by atoms with van der Waals surface area (Å²) in [6.45, 7) is 19.9. The van der Waals surface area contributed by atoms with Crippen molar-refractivity contribution in [1.29, 1.82) is 0 Å². The Hall–Kier alpha value is -2.84. The molecule has 2 unspecified atom stereocenters. The van der Waals surface area contributed by atoms with Gasteiger partial charge in [-0.05, 0) is 60.7 Å². The average Bonchev–Trinajstić information content (AvgIpc) is 2.93. The molecular weight excluding hydrogens is 556 g/mol. The molecule has 6 nitrogen and oxygen atoms in total. The molecule has 224 valence electrons. The van der Waals surface area contributed by atoms with E-state index >= 15 is 0 Å². The van der Waals surface area contributed by atoms with Crippen molar-refractivity contribution in [1.82, 2.24) is 0 Å². The van der Waals surface area contributed by atoms with Crippen molar-refractivity contribution in [3.05, 3.63) is 84.0 Å². The van der Waals surface area contributed by atoms with Crippen LogP contribution in [0.5, 0.6) is 11.5 Å². The lowest BCUT2D eigenvalue weighted by Gasteiger charge is -2.26. The number of hydrogen-bond acceptors (Lipinski definition) is 8. The van der Waals surface area contributed by atoms with Gasteiger partial charge in [-0.3, -0.25) is 0 Å². The van der Waals surface area contributed by atoms with E-state index in [-0.39, 0.29) is 28.2 Å². The second kappa shape index (κ2) is 17.2. The molecule has 8 heteroatoms. The van der Waals surface area contributed by atoms with Crippen molar-refractivity contribution in [3.8, 4) is 11.5 Å². The Morgan fingerprint density at radius 3 is 1.34 bits per heavy atom. The normalized spacial score (nSPS) is 12.6. The van der Waals surface area contributed by atoms with Crippen molar-refractivity contribution in [2.45, 2.75) is 70.7 Å². The van der Waals surface area contributed by atoms with Gasteiger partial charge in [0.1, 0.15) is 11.5 Å². The van der Waals surface area contributed by atoms with Crippen LogP contribution in [0.3, 0.4) is 0 Å². The highest BCUT2D eigenvalue weighted by atomic mass is 32.2. The monoisotopic (exact) mass is 600 g/mol. The average molecular weight is 601 g/mol. The zero-order valence-electron chi connectivity index (χ0n) is 25.2. The Bertz CT molecular complexity index is 1050. The first-order valence-electron chi connectivity index (χ1n) is 13.9. The summed E-state index contributed by atoms with van der Waals surface area (Å²) < 4.78 is 22.9. The van der Waals surface area contributed by atoms with Gasteiger partial charge in [0, 0.05) is 29.4 Å². The van der Waals surface area contributed by atoms with Gasteiger partial charge in [0.15, 0.2) is 10.9 Å². The van der Waals surface area contributed by atoms with Crippen LogP contribution in [-0.2, 0) is 24.5 Å². The Morgan fingerprint density at radius 1 is 0.707 bits per heavy atom. The number of rotatable bonds is 18. The summed E-state index contributed by atoms with van der Waals surface area (Å²) in [5.74, 6) is 2.49. The van der Waals surface area contributed by atoms with Crippen molar-refractivity contribution in [2.75, 3.05) is 24.7 Å². The first-order chi connectivity index (χ1) is 19.5. The van der Waals surface area contributed by atoms with Crippen LogP contribution in [0, 0.1) is 0 Å². The number of thioether (sulfide) groups is 2. The number of esters is 2. The molecule has 2 aromatic rings. The molecular formula is C33H44O6S2. The third kappa shape index (κ3) is 11.5. The minimum Gasteiger partial charge on any atom is -0.493 e. The summed E-state index contributed by atoms with van der Waals surface area (Å²) in [5.41, 5.74) is 2.36. The molecule has 0 aromatic heterocycles. The smallest absolute Gasteiger partial charge is 0.334 e. The van der Waals surface area contributed by atoms with Crippen LogP contribution >= 0.6 is 23.5 Å². The van der Waals surface area contributed by atoms with Crippen LogP contribution in [0.1, 0.15) is 65.5 Å². The van der Waals surface area contributed by atoms with Crippen LogP contribution in [-0.4, -0.2) is 47.5 Å². The second-order valence-corrected chi connectivity index (χ2v) is 13.0. The summed E-state index contributed by atoms with van der Waals surface area (Å²) in [7, 11) is 0. The predicted molar refractivity (Wildman–Crippen MR) is 171 cm³/mol. The van der Waals surface area contributed by atoms with Crippen LogP contribution in [0.15, 0.2) is 72.8 Å². The topological polar surface area (TPSA) is 71.1 Å². The van der Waals surface area contributed by atoms with Gasteiger partial charge in [0.25, 0.3) is 0 Å². The molecule has 0 aliphatic carbocycles. The van der Waals surface area contributed by atoms with E-state index in [2.05, 4.69) is 51.3 Å². The zero-order valence-corrected chi connectivity index (χ0v) is 26.8. The molecule has 0 aliphatic heterocycles. The summed E-state index contributed by atoms with van der Waals surface area (Å²) in [4.78, 5) is 23.7. The van der Waals surface area contributed by atoms with Crippen molar-refractivity contribution in [2.24, 2.45) is 0 Å². The van der Waals surface area contributed by atoms with E-state index in [9.17, 15) is 9.59 Å². The van der Waals surface area contributed by atoms with Crippen LogP contribution in [0.4, 0.5) is 0 Å². The molecule has 0 heterocycles. The van der Waals surface area contributed by atoms with Gasteiger partial charge in [0.05, 0.1) is 13.2 Å². The highest BCUT2D eigenvalue weighted by molar-refractivity contribution is 7.99. The highest BCUT2D eigenvalue weighted by Crippen LogP contribution is 2.33. The maximum Gasteiger partial charge on any atom is 0.334 e. The van der Waals surface area contributed by atoms with Gasteiger partial charge in [-0.1, -0.05) is 65.1 Å². The zero-order chi connectivity index (χ0) is 30.4.